The second kappa shape index (κ2) is 6.02. The Hall–Kier alpha value is -1.63. The summed E-state index contributed by atoms with van der Waals surface area (Å²) >= 11 is 6.07. The van der Waals surface area contributed by atoms with Gasteiger partial charge in [0.1, 0.15) is 0 Å². The minimum Gasteiger partial charge on any atom is -0.461 e. The highest BCUT2D eigenvalue weighted by Gasteiger charge is 2.48. The molecular formula is C17H19ClN2O4. The minimum absolute atomic E-state index is 0.0639. The van der Waals surface area contributed by atoms with Crippen LogP contribution in [0.3, 0.4) is 0 Å². The highest BCUT2D eigenvalue weighted by Crippen LogP contribution is 2.49. The van der Waals surface area contributed by atoms with Gasteiger partial charge in [-0.2, -0.15) is 0 Å². The molecule has 1 aromatic carbocycles. The van der Waals surface area contributed by atoms with Crippen LogP contribution in [0, 0.1) is 10.1 Å². The average molecular weight is 351 g/mol. The number of fused-ring (bicyclic) bond motifs is 2. The van der Waals surface area contributed by atoms with E-state index in [4.69, 9.17) is 21.1 Å². The van der Waals surface area contributed by atoms with Crippen LogP contribution in [-0.4, -0.2) is 41.9 Å². The van der Waals surface area contributed by atoms with Crippen LogP contribution in [0.25, 0.3) is 6.08 Å². The van der Waals surface area contributed by atoms with Crippen LogP contribution < -0.4 is 4.74 Å². The van der Waals surface area contributed by atoms with Gasteiger partial charge in [-0.1, -0.05) is 11.6 Å². The van der Waals surface area contributed by atoms with Gasteiger partial charge in [-0.05, 0) is 37.0 Å². The maximum atomic E-state index is 11.5. The molecule has 7 heteroatoms. The van der Waals surface area contributed by atoms with Crippen molar-refractivity contribution < 1.29 is 14.4 Å². The topological polar surface area (TPSA) is 64.8 Å². The third-order valence-corrected chi connectivity index (χ3v) is 5.31. The summed E-state index contributed by atoms with van der Waals surface area (Å²) in [4.78, 5) is 13.3. The molecule has 3 aliphatic rings. The zero-order valence-corrected chi connectivity index (χ0v) is 14.1. The number of rotatable bonds is 2. The summed E-state index contributed by atoms with van der Waals surface area (Å²) < 4.78 is 11.9. The van der Waals surface area contributed by atoms with E-state index in [-0.39, 0.29) is 5.69 Å². The van der Waals surface area contributed by atoms with Crippen LogP contribution in [0.15, 0.2) is 17.7 Å². The van der Waals surface area contributed by atoms with Crippen molar-refractivity contribution in [2.75, 3.05) is 26.3 Å². The third-order valence-electron chi connectivity index (χ3n) is 5.10. The Morgan fingerprint density at radius 3 is 2.79 bits per heavy atom. The molecule has 1 atom stereocenters. The highest BCUT2D eigenvalue weighted by atomic mass is 35.5. The SMILES string of the molecule is O=[N+]([O-])c1cc(Cl)cc2c1OC1(N3CCOCC3)CCCCC1=C2. The molecule has 6 nitrogen and oxygen atoms in total. The molecule has 1 aromatic rings. The van der Waals surface area contributed by atoms with E-state index in [2.05, 4.69) is 4.90 Å². The highest BCUT2D eigenvalue weighted by molar-refractivity contribution is 6.31. The number of nitro benzene ring substituents is 1. The van der Waals surface area contributed by atoms with E-state index in [1.807, 2.05) is 6.08 Å². The van der Waals surface area contributed by atoms with E-state index in [0.717, 1.165) is 38.8 Å². The maximum absolute atomic E-state index is 11.5. The summed E-state index contributed by atoms with van der Waals surface area (Å²) in [6, 6.07) is 3.11. The summed E-state index contributed by atoms with van der Waals surface area (Å²) in [7, 11) is 0. The van der Waals surface area contributed by atoms with Gasteiger partial charge in [0.05, 0.1) is 18.1 Å². The number of hydrogen-bond donors (Lipinski definition) is 0. The minimum atomic E-state index is -0.576. The van der Waals surface area contributed by atoms with Gasteiger partial charge in [-0.15, -0.1) is 0 Å². The standard InChI is InChI=1S/C17H19ClN2O4/c18-14-10-12-9-13-3-1-2-4-17(13,19-5-7-23-8-6-19)24-16(12)15(11-14)20(21)22/h9-11H,1-8H2. The number of nitrogens with zero attached hydrogens (tertiary/aromatic N) is 2. The lowest BCUT2D eigenvalue weighted by molar-refractivity contribution is -0.386. The normalized spacial score (nSPS) is 26.8. The molecule has 1 unspecified atom stereocenters. The number of halogens is 1. The number of ether oxygens (including phenoxy) is 2. The monoisotopic (exact) mass is 350 g/mol. The number of morpholine rings is 1. The molecule has 128 valence electrons. The lowest BCUT2D eigenvalue weighted by Gasteiger charge is -2.50. The molecule has 2 aliphatic heterocycles. The van der Waals surface area contributed by atoms with Crippen LogP contribution in [-0.2, 0) is 4.74 Å². The predicted octanol–water partition coefficient (Wildman–Crippen LogP) is 3.63. The van der Waals surface area contributed by atoms with Gasteiger partial charge in [-0.3, -0.25) is 15.0 Å². The first kappa shape index (κ1) is 15.9. The fraction of sp³-hybridized carbons (Fsp3) is 0.529. The summed E-state index contributed by atoms with van der Waals surface area (Å²) in [5.41, 5.74) is 1.26. The van der Waals surface area contributed by atoms with E-state index in [9.17, 15) is 10.1 Å². The second-order valence-corrected chi connectivity index (χ2v) is 6.90. The van der Waals surface area contributed by atoms with Gasteiger partial charge in [0.2, 0.25) is 5.75 Å². The molecule has 0 spiro atoms. The fourth-order valence-electron chi connectivity index (χ4n) is 4.00. The first-order valence-corrected chi connectivity index (χ1v) is 8.69. The molecular weight excluding hydrogens is 332 g/mol. The van der Waals surface area contributed by atoms with Gasteiger partial charge in [0.15, 0.2) is 5.72 Å². The van der Waals surface area contributed by atoms with Crippen molar-refractivity contribution in [1.29, 1.82) is 0 Å². The molecule has 4 rings (SSSR count). The first-order valence-electron chi connectivity index (χ1n) is 8.31. The predicted molar refractivity (Wildman–Crippen MR) is 90.3 cm³/mol. The average Bonchev–Trinajstić information content (AvgIpc) is 2.60. The molecule has 24 heavy (non-hydrogen) atoms. The summed E-state index contributed by atoms with van der Waals surface area (Å²) in [5, 5.41) is 11.8. The van der Waals surface area contributed by atoms with Gasteiger partial charge in [0.25, 0.3) is 0 Å². The Morgan fingerprint density at radius 2 is 2.04 bits per heavy atom. The Kier molecular flexibility index (Phi) is 3.98. The molecule has 2 heterocycles. The Balaban J connectivity index is 1.84. The maximum Gasteiger partial charge on any atom is 0.313 e. The van der Waals surface area contributed by atoms with E-state index in [1.165, 1.54) is 11.6 Å². The number of hydrogen-bond acceptors (Lipinski definition) is 5. The van der Waals surface area contributed by atoms with Crippen molar-refractivity contribution in [2.45, 2.75) is 31.4 Å². The second-order valence-electron chi connectivity index (χ2n) is 6.46. The van der Waals surface area contributed by atoms with Crippen molar-refractivity contribution in [2.24, 2.45) is 0 Å². The summed E-state index contributed by atoms with van der Waals surface area (Å²) in [5.74, 6) is 0.335. The largest absolute Gasteiger partial charge is 0.461 e. The molecule has 0 amide bonds. The van der Waals surface area contributed by atoms with Gasteiger partial charge in [-0.25, -0.2) is 0 Å². The van der Waals surface area contributed by atoms with Crippen molar-refractivity contribution in [3.05, 3.63) is 38.4 Å². The summed E-state index contributed by atoms with van der Waals surface area (Å²) in [6.45, 7) is 2.87. The zero-order valence-electron chi connectivity index (χ0n) is 13.3. The molecule has 1 aliphatic carbocycles. The lowest BCUT2D eigenvalue weighted by atomic mass is 9.82. The van der Waals surface area contributed by atoms with Crippen LogP contribution in [0.2, 0.25) is 5.02 Å². The quantitative estimate of drug-likeness (QED) is 0.602. The first-order chi connectivity index (χ1) is 11.6. The molecule has 1 saturated heterocycles. The molecule has 0 aromatic heterocycles. The molecule has 0 bridgehead atoms. The molecule has 0 radical (unpaired) electrons. The van der Waals surface area contributed by atoms with E-state index >= 15 is 0 Å². The Bertz CT molecular complexity index is 715. The smallest absolute Gasteiger partial charge is 0.313 e. The van der Waals surface area contributed by atoms with Gasteiger partial charge < -0.3 is 9.47 Å². The summed E-state index contributed by atoms with van der Waals surface area (Å²) in [6.07, 6.45) is 5.99. The van der Waals surface area contributed by atoms with Crippen molar-refractivity contribution >= 4 is 23.4 Å². The third kappa shape index (κ3) is 2.49. The van der Waals surface area contributed by atoms with E-state index < -0.39 is 10.6 Å². The zero-order chi connectivity index (χ0) is 16.7. The van der Waals surface area contributed by atoms with E-state index in [0.29, 0.717) is 29.5 Å². The molecule has 0 N–H and O–H groups in total. The van der Waals surface area contributed by atoms with Gasteiger partial charge in [0, 0.05) is 36.2 Å². The van der Waals surface area contributed by atoms with Crippen LogP contribution >= 0.6 is 11.6 Å². The number of nitro groups is 1. The van der Waals surface area contributed by atoms with Crippen molar-refractivity contribution in [3.63, 3.8) is 0 Å². The number of benzene rings is 1. The van der Waals surface area contributed by atoms with Crippen LogP contribution in [0.5, 0.6) is 5.75 Å². The lowest BCUT2D eigenvalue weighted by Crippen LogP contribution is -2.59. The Labute approximate surface area is 145 Å². The van der Waals surface area contributed by atoms with Crippen molar-refractivity contribution in [3.8, 4) is 5.75 Å². The van der Waals surface area contributed by atoms with Crippen LogP contribution in [0.1, 0.15) is 31.2 Å². The molecule has 2 fully saturated rings. The van der Waals surface area contributed by atoms with Crippen LogP contribution in [0.4, 0.5) is 5.69 Å². The van der Waals surface area contributed by atoms with Crippen molar-refractivity contribution in [1.82, 2.24) is 4.90 Å². The van der Waals surface area contributed by atoms with Gasteiger partial charge >= 0.3 is 5.69 Å². The Morgan fingerprint density at radius 1 is 1.25 bits per heavy atom. The fourth-order valence-corrected chi connectivity index (χ4v) is 4.22. The van der Waals surface area contributed by atoms with E-state index in [1.54, 1.807) is 6.07 Å². The molecule has 1 saturated carbocycles.